The van der Waals surface area contributed by atoms with Crippen LogP contribution < -0.4 is 10.2 Å². The zero-order valence-electron chi connectivity index (χ0n) is 17.0. The Morgan fingerprint density at radius 2 is 1.77 bits per heavy atom. The Labute approximate surface area is 173 Å². The van der Waals surface area contributed by atoms with Crippen LogP contribution in [0.4, 0.5) is 11.5 Å². The number of nitrogens with zero attached hydrogens (tertiary/aromatic N) is 5. The van der Waals surface area contributed by atoms with Gasteiger partial charge in [-0.1, -0.05) is 0 Å². The molecule has 1 saturated heterocycles. The summed E-state index contributed by atoms with van der Waals surface area (Å²) >= 11 is 0. The molecule has 3 heterocycles. The summed E-state index contributed by atoms with van der Waals surface area (Å²) in [6.45, 7) is 5.05. The Balaban J connectivity index is 1.37. The first-order chi connectivity index (χ1) is 14.4. The Bertz CT molecular complexity index is 1090. The lowest BCUT2D eigenvalue weighted by molar-refractivity contribution is -0.120. The van der Waals surface area contributed by atoms with E-state index in [1.807, 2.05) is 30.9 Å². The average Bonchev–Trinajstić information content (AvgIpc) is 3.05. The fourth-order valence-corrected chi connectivity index (χ4v) is 3.37. The lowest BCUT2D eigenvalue weighted by Crippen LogP contribution is -2.52. The minimum Gasteiger partial charge on any atom is -0.465 e. The number of esters is 1. The van der Waals surface area contributed by atoms with Gasteiger partial charge in [0, 0.05) is 30.5 Å². The number of aromatic nitrogens is 4. The van der Waals surface area contributed by atoms with Crippen molar-refractivity contribution < 1.29 is 14.3 Å². The summed E-state index contributed by atoms with van der Waals surface area (Å²) in [6.07, 6.45) is 1.51. The van der Waals surface area contributed by atoms with Gasteiger partial charge >= 0.3 is 5.97 Å². The maximum absolute atomic E-state index is 12.5. The molecule has 1 aliphatic heterocycles. The predicted octanol–water partition coefficient (Wildman–Crippen LogP) is 2.14. The van der Waals surface area contributed by atoms with E-state index < -0.39 is 5.97 Å². The zero-order valence-corrected chi connectivity index (χ0v) is 17.0. The summed E-state index contributed by atoms with van der Waals surface area (Å²) in [5.74, 6) is 0.845. The molecule has 0 unspecified atom stereocenters. The molecule has 0 aliphatic carbocycles. The first-order valence-corrected chi connectivity index (χ1v) is 9.54. The Morgan fingerprint density at radius 1 is 1.07 bits per heavy atom. The van der Waals surface area contributed by atoms with E-state index in [-0.39, 0.29) is 11.8 Å². The van der Waals surface area contributed by atoms with Crippen molar-refractivity contribution >= 4 is 23.4 Å². The third kappa shape index (κ3) is 3.86. The van der Waals surface area contributed by atoms with Crippen molar-refractivity contribution in [1.29, 1.82) is 0 Å². The smallest absolute Gasteiger partial charge is 0.337 e. The quantitative estimate of drug-likeness (QED) is 0.648. The molecule has 0 bridgehead atoms. The van der Waals surface area contributed by atoms with Crippen molar-refractivity contribution in [2.24, 2.45) is 5.92 Å². The van der Waals surface area contributed by atoms with Gasteiger partial charge in [0.25, 0.3) is 0 Å². The predicted molar refractivity (Wildman–Crippen MR) is 111 cm³/mol. The molecule has 4 rings (SSSR count). The highest BCUT2D eigenvalue weighted by atomic mass is 16.5. The second kappa shape index (κ2) is 7.94. The number of anilines is 2. The number of nitrogens with one attached hydrogen (secondary N) is 1. The van der Waals surface area contributed by atoms with E-state index in [1.54, 1.807) is 28.9 Å². The topological polar surface area (TPSA) is 102 Å². The van der Waals surface area contributed by atoms with Gasteiger partial charge in [-0.05, 0) is 44.2 Å². The largest absolute Gasteiger partial charge is 0.465 e. The maximum atomic E-state index is 12.5. The molecule has 9 heteroatoms. The van der Waals surface area contributed by atoms with Crippen molar-refractivity contribution in [2.45, 2.75) is 13.8 Å². The normalized spacial score (nSPS) is 13.6. The van der Waals surface area contributed by atoms with Crippen LogP contribution in [0.25, 0.3) is 5.82 Å². The van der Waals surface area contributed by atoms with Gasteiger partial charge in [0.15, 0.2) is 5.82 Å². The number of aryl methyl sites for hydroxylation is 2. The highest BCUT2D eigenvalue weighted by Crippen LogP contribution is 2.25. The van der Waals surface area contributed by atoms with E-state index in [2.05, 4.69) is 25.1 Å². The van der Waals surface area contributed by atoms with Gasteiger partial charge in [0.1, 0.15) is 12.1 Å². The summed E-state index contributed by atoms with van der Waals surface area (Å²) in [7, 11) is 1.33. The fourth-order valence-electron chi connectivity index (χ4n) is 3.37. The van der Waals surface area contributed by atoms with Crippen LogP contribution in [0.15, 0.2) is 42.7 Å². The highest BCUT2D eigenvalue weighted by molar-refractivity contribution is 5.95. The van der Waals surface area contributed by atoms with Gasteiger partial charge in [0.2, 0.25) is 5.91 Å². The van der Waals surface area contributed by atoms with E-state index in [4.69, 9.17) is 0 Å². The fraction of sp³-hybridized carbons (Fsp3) is 0.286. The summed E-state index contributed by atoms with van der Waals surface area (Å²) in [4.78, 5) is 34.7. The number of rotatable bonds is 5. The van der Waals surface area contributed by atoms with Crippen molar-refractivity contribution in [1.82, 2.24) is 19.7 Å². The molecule has 30 heavy (non-hydrogen) atoms. The summed E-state index contributed by atoms with van der Waals surface area (Å²) in [6, 6.07) is 10.5. The van der Waals surface area contributed by atoms with Gasteiger partial charge < -0.3 is 15.0 Å². The number of carbonyl (C=O) groups excluding carboxylic acids is 2. The SMILES string of the molecule is COC(=O)c1ccc(NC(=O)C2CN(c3cc(-n4nc(C)cc4C)ncn3)C2)cc1. The molecule has 0 radical (unpaired) electrons. The molecule has 1 aromatic carbocycles. The Kier molecular flexibility index (Phi) is 5.18. The van der Waals surface area contributed by atoms with Gasteiger partial charge in [-0.15, -0.1) is 0 Å². The van der Waals surface area contributed by atoms with Crippen LogP contribution in [0.2, 0.25) is 0 Å². The zero-order chi connectivity index (χ0) is 21.3. The maximum Gasteiger partial charge on any atom is 0.337 e. The molecule has 0 saturated carbocycles. The van der Waals surface area contributed by atoms with Crippen LogP contribution in [-0.4, -0.2) is 51.8 Å². The lowest BCUT2D eigenvalue weighted by Gasteiger charge is -2.39. The minimum absolute atomic E-state index is 0.0649. The van der Waals surface area contributed by atoms with E-state index >= 15 is 0 Å². The van der Waals surface area contributed by atoms with Crippen molar-refractivity contribution in [2.75, 3.05) is 30.4 Å². The number of hydrogen-bond acceptors (Lipinski definition) is 7. The molecular weight excluding hydrogens is 384 g/mol. The first-order valence-electron chi connectivity index (χ1n) is 9.54. The Morgan fingerprint density at radius 3 is 2.40 bits per heavy atom. The number of methoxy groups -OCH3 is 1. The van der Waals surface area contributed by atoms with Gasteiger partial charge in [0.05, 0.1) is 24.3 Å². The molecule has 9 nitrogen and oxygen atoms in total. The first kappa shape index (κ1) is 19.6. The summed E-state index contributed by atoms with van der Waals surface area (Å²) in [5, 5.41) is 7.33. The van der Waals surface area contributed by atoms with Gasteiger partial charge in [-0.2, -0.15) is 5.10 Å². The summed E-state index contributed by atoms with van der Waals surface area (Å²) < 4.78 is 6.45. The van der Waals surface area contributed by atoms with Crippen LogP contribution in [0.5, 0.6) is 0 Å². The number of benzene rings is 1. The van der Waals surface area contributed by atoms with E-state index in [0.29, 0.717) is 30.2 Å². The monoisotopic (exact) mass is 406 g/mol. The highest BCUT2D eigenvalue weighted by Gasteiger charge is 2.33. The number of ether oxygens (including phenoxy) is 1. The van der Waals surface area contributed by atoms with E-state index in [0.717, 1.165) is 17.2 Å². The van der Waals surface area contributed by atoms with Crippen LogP contribution >= 0.6 is 0 Å². The van der Waals surface area contributed by atoms with Crippen molar-refractivity contribution in [3.63, 3.8) is 0 Å². The van der Waals surface area contributed by atoms with E-state index in [1.165, 1.54) is 13.4 Å². The van der Waals surface area contributed by atoms with Crippen LogP contribution in [-0.2, 0) is 9.53 Å². The molecule has 0 atom stereocenters. The van der Waals surface area contributed by atoms with Gasteiger partial charge in [-0.3, -0.25) is 4.79 Å². The molecule has 3 aromatic rings. The van der Waals surface area contributed by atoms with Crippen LogP contribution in [0, 0.1) is 19.8 Å². The minimum atomic E-state index is -0.410. The second-order valence-electron chi connectivity index (χ2n) is 7.23. The number of carbonyl (C=O) groups is 2. The van der Waals surface area contributed by atoms with Crippen LogP contribution in [0.3, 0.4) is 0 Å². The Hall–Kier alpha value is -3.75. The molecule has 2 aromatic heterocycles. The van der Waals surface area contributed by atoms with Gasteiger partial charge in [-0.25, -0.2) is 19.4 Å². The molecule has 1 amide bonds. The molecule has 154 valence electrons. The van der Waals surface area contributed by atoms with E-state index in [9.17, 15) is 9.59 Å². The molecule has 1 fully saturated rings. The molecular formula is C21H22N6O3. The second-order valence-corrected chi connectivity index (χ2v) is 7.23. The molecule has 1 N–H and O–H groups in total. The summed E-state index contributed by atoms with van der Waals surface area (Å²) in [5.41, 5.74) is 3.00. The standard InChI is InChI=1S/C21H22N6O3/c1-13-8-14(2)27(25-13)19-9-18(22-12-23-19)26-10-16(11-26)20(28)24-17-6-4-15(5-7-17)21(29)30-3/h4-9,12,16H,10-11H2,1-3H3,(H,24,28). The molecule has 0 spiro atoms. The third-order valence-corrected chi connectivity index (χ3v) is 5.01. The number of hydrogen-bond donors (Lipinski definition) is 1. The number of amides is 1. The third-order valence-electron chi connectivity index (χ3n) is 5.01. The average molecular weight is 406 g/mol. The van der Waals surface area contributed by atoms with Crippen LogP contribution in [0.1, 0.15) is 21.7 Å². The lowest BCUT2D eigenvalue weighted by atomic mass is 9.99. The molecule has 1 aliphatic rings. The van der Waals surface area contributed by atoms with Crippen molar-refractivity contribution in [3.05, 3.63) is 59.7 Å². The van der Waals surface area contributed by atoms with Crippen molar-refractivity contribution in [3.8, 4) is 5.82 Å².